The van der Waals surface area contributed by atoms with E-state index in [1.54, 1.807) is 12.4 Å². The molecule has 2 N–H and O–H groups in total. The summed E-state index contributed by atoms with van der Waals surface area (Å²) >= 11 is 0. The maximum Gasteiger partial charge on any atom is 0.226 e. The molecule has 0 unspecified atom stereocenters. The highest BCUT2D eigenvalue weighted by Crippen LogP contribution is 2.60. The zero-order valence-electron chi connectivity index (χ0n) is 11.2. The normalized spacial score (nSPS) is 39.5. The highest BCUT2D eigenvalue weighted by molar-refractivity contribution is 5.83. The molecule has 0 aromatic carbocycles. The number of nitrogens with one attached hydrogen (secondary N) is 2. The lowest BCUT2D eigenvalue weighted by atomic mass is 9.49. The van der Waals surface area contributed by atoms with Crippen molar-refractivity contribution in [1.82, 2.24) is 15.3 Å². The van der Waals surface area contributed by atoms with Crippen molar-refractivity contribution in [2.75, 3.05) is 0 Å². The first-order chi connectivity index (χ1) is 9.23. The minimum Gasteiger partial charge on any atom is -0.348 e. The summed E-state index contributed by atoms with van der Waals surface area (Å²) in [5.41, 5.74) is -0.0403. The fourth-order valence-corrected chi connectivity index (χ4v) is 5.13. The molecule has 1 heterocycles. The molecule has 0 atom stereocenters. The van der Waals surface area contributed by atoms with E-state index in [2.05, 4.69) is 15.3 Å². The zero-order chi connectivity index (χ0) is 12.9. The molecule has 1 amide bonds. The molecule has 0 radical (unpaired) electrons. The molecule has 5 rings (SSSR count). The maximum absolute atomic E-state index is 12.6. The minimum absolute atomic E-state index is 0.0403. The maximum atomic E-state index is 12.6. The molecule has 0 spiro atoms. The zero-order valence-corrected chi connectivity index (χ0v) is 11.2. The topological polar surface area (TPSA) is 57.8 Å². The highest BCUT2D eigenvalue weighted by Gasteiger charge is 2.54. The molecule has 4 aliphatic carbocycles. The van der Waals surface area contributed by atoms with Gasteiger partial charge >= 0.3 is 0 Å². The Morgan fingerprint density at radius 3 is 2.42 bits per heavy atom. The number of nitrogens with zero attached hydrogens (tertiary/aromatic N) is 1. The van der Waals surface area contributed by atoms with Crippen LogP contribution < -0.4 is 5.32 Å². The van der Waals surface area contributed by atoms with Crippen LogP contribution in [0.3, 0.4) is 0 Å². The van der Waals surface area contributed by atoms with Crippen LogP contribution in [0, 0.1) is 23.2 Å². The van der Waals surface area contributed by atoms with Crippen molar-refractivity contribution in [2.45, 2.75) is 45.1 Å². The van der Waals surface area contributed by atoms with E-state index in [1.165, 1.54) is 19.3 Å². The summed E-state index contributed by atoms with van der Waals surface area (Å²) in [5, 5.41) is 3.11. The van der Waals surface area contributed by atoms with Gasteiger partial charge in [-0.15, -0.1) is 0 Å². The van der Waals surface area contributed by atoms with E-state index in [0.29, 0.717) is 6.54 Å². The largest absolute Gasteiger partial charge is 0.348 e. The van der Waals surface area contributed by atoms with Crippen LogP contribution in [0.1, 0.15) is 44.3 Å². The van der Waals surface area contributed by atoms with Gasteiger partial charge in [0.05, 0.1) is 6.54 Å². The molecule has 4 heteroatoms. The Kier molecular flexibility index (Phi) is 2.47. The quantitative estimate of drug-likeness (QED) is 0.874. The van der Waals surface area contributed by atoms with Crippen LogP contribution in [0.4, 0.5) is 0 Å². The van der Waals surface area contributed by atoms with E-state index in [0.717, 1.165) is 42.8 Å². The first-order valence-corrected chi connectivity index (χ1v) is 7.50. The first-order valence-electron chi connectivity index (χ1n) is 7.50. The number of hydrogen-bond acceptors (Lipinski definition) is 2. The van der Waals surface area contributed by atoms with Crippen LogP contribution in [0.5, 0.6) is 0 Å². The second-order valence-electron chi connectivity index (χ2n) is 6.92. The molecule has 4 nitrogen and oxygen atoms in total. The van der Waals surface area contributed by atoms with Crippen molar-refractivity contribution in [1.29, 1.82) is 0 Å². The van der Waals surface area contributed by atoms with Crippen molar-refractivity contribution in [2.24, 2.45) is 23.2 Å². The number of aromatic amines is 1. The van der Waals surface area contributed by atoms with Gasteiger partial charge in [0, 0.05) is 17.8 Å². The van der Waals surface area contributed by atoms with Gasteiger partial charge < -0.3 is 10.3 Å². The third-order valence-electron chi connectivity index (χ3n) is 5.49. The smallest absolute Gasteiger partial charge is 0.226 e. The highest BCUT2D eigenvalue weighted by atomic mass is 16.2. The summed E-state index contributed by atoms with van der Waals surface area (Å²) < 4.78 is 0. The third-order valence-corrected chi connectivity index (χ3v) is 5.49. The number of carbonyl (C=O) groups excluding carboxylic acids is 1. The van der Waals surface area contributed by atoms with Gasteiger partial charge in [-0.2, -0.15) is 0 Å². The third kappa shape index (κ3) is 1.88. The predicted molar refractivity (Wildman–Crippen MR) is 71.0 cm³/mol. The van der Waals surface area contributed by atoms with Crippen LogP contribution >= 0.6 is 0 Å². The number of hydrogen-bond donors (Lipinski definition) is 2. The summed E-state index contributed by atoms with van der Waals surface area (Å²) in [7, 11) is 0. The summed E-state index contributed by atoms with van der Waals surface area (Å²) in [6.07, 6.45) is 11.0. The van der Waals surface area contributed by atoms with Crippen LogP contribution in [0.25, 0.3) is 0 Å². The Bertz CT molecular complexity index is 444. The van der Waals surface area contributed by atoms with E-state index >= 15 is 0 Å². The lowest BCUT2D eigenvalue weighted by Crippen LogP contribution is -2.53. The Labute approximate surface area is 113 Å². The standard InChI is InChI=1S/C15H21N3O/c19-14(18-9-13-16-1-2-17-13)15-6-10-3-11(7-15)5-12(4-10)8-15/h1-2,10-12H,3-9H2,(H,16,17)(H,18,19). The predicted octanol–water partition coefficient (Wildman–Crippen LogP) is 2.24. The van der Waals surface area contributed by atoms with Crippen LogP contribution in [0.15, 0.2) is 12.4 Å². The van der Waals surface area contributed by atoms with Gasteiger partial charge in [0.15, 0.2) is 0 Å². The van der Waals surface area contributed by atoms with Crippen molar-refractivity contribution >= 4 is 5.91 Å². The second-order valence-corrected chi connectivity index (χ2v) is 6.92. The molecule has 19 heavy (non-hydrogen) atoms. The average molecular weight is 259 g/mol. The van der Waals surface area contributed by atoms with Crippen molar-refractivity contribution in [3.8, 4) is 0 Å². The van der Waals surface area contributed by atoms with Gasteiger partial charge in [-0.3, -0.25) is 4.79 Å². The van der Waals surface area contributed by atoms with Crippen LogP contribution in [-0.2, 0) is 11.3 Å². The van der Waals surface area contributed by atoms with E-state index in [-0.39, 0.29) is 11.3 Å². The Morgan fingerprint density at radius 2 is 1.89 bits per heavy atom. The molecule has 1 aromatic rings. The lowest BCUT2D eigenvalue weighted by molar-refractivity contribution is -0.146. The van der Waals surface area contributed by atoms with Gasteiger partial charge in [-0.1, -0.05) is 0 Å². The van der Waals surface area contributed by atoms with Gasteiger partial charge in [0.2, 0.25) is 5.91 Å². The van der Waals surface area contributed by atoms with E-state index in [4.69, 9.17) is 0 Å². The molecule has 4 fully saturated rings. The Balaban J connectivity index is 1.47. The fraction of sp³-hybridized carbons (Fsp3) is 0.733. The molecule has 4 saturated carbocycles. The van der Waals surface area contributed by atoms with Crippen LogP contribution in [0.2, 0.25) is 0 Å². The number of rotatable bonds is 3. The number of amides is 1. The number of H-pyrrole nitrogens is 1. The minimum atomic E-state index is -0.0403. The van der Waals surface area contributed by atoms with Crippen molar-refractivity contribution < 1.29 is 4.79 Å². The van der Waals surface area contributed by atoms with Gasteiger partial charge in [0.25, 0.3) is 0 Å². The fourth-order valence-electron chi connectivity index (χ4n) is 5.13. The average Bonchev–Trinajstić information content (AvgIpc) is 2.87. The summed E-state index contributed by atoms with van der Waals surface area (Å²) in [4.78, 5) is 19.8. The lowest BCUT2D eigenvalue weighted by Gasteiger charge is -2.55. The molecule has 4 aliphatic rings. The van der Waals surface area contributed by atoms with E-state index in [9.17, 15) is 4.79 Å². The van der Waals surface area contributed by atoms with E-state index < -0.39 is 0 Å². The number of carbonyl (C=O) groups is 1. The van der Waals surface area contributed by atoms with Crippen molar-refractivity contribution in [3.63, 3.8) is 0 Å². The number of aromatic nitrogens is 2. The summed E-state index contributed by atoms with van der Waals surface area (Å²) in [6.45, 7) is 0.535. The van der Waals surface area contributed by atoms with Crippen LogP contribution in [-0.4, -0.2) is 15.9 Å². The summed E-state index contributed by atoms with van der Waals surface area (Å²) in [6, 6.07) is 0. The molecule has 1 aromatic heterocycles. The Hall–Kier alpha value is -1.32. The monoisotopic (exact) mass is 259 g/mol. The van der Waals surface area contributed by atoms with Gasteiger partial charge in [-0.05, 0) is 56.3 Å². The van der Waals surface area contributed by atoms with Crippen molar-refractivity contribution in [3.05, 3.63) is 18.2 Å². The second kappa shape index (κ2) is 4.09. The molecule has 0 aliphatic heterocycles. The molecule has 4 bridgehead atoms. The molecular formula is C15H21N3O. The number of imidazole rings is 1. The first kappa shape index (κ1) is 11.5. The molecule has 0 saturated heterocycles. The van der Waals surface area contributed by atoms with Gasteiger partial charge in [0.1, 0.15) is 5.82 Å². The molecular weight excluding hydrogens is 238 g/mol. The van der Waals surface area contributed by atoms with Gasteiger partial charge in [-0.25, -0.2) is 4.98 Å². The SMILES string of the molecule is O=C(NCc1ncc[nH]1)C12CC3CC(CC(C3)C1)C2. The Morgan fingerprint density at radius 1 is 1.26 bits per heavy atom. The van der Waals surface area contributed by atoms with E-state index in [1.807, 2.05) is 0 Å². The molecule has 102 valence electrons. The summed E-state index contributed by atoms with van der Waals surface area (Å²) in [5.74, 6) is 3.59.